The summed E-state index contributed by atoms with van der Waals surface area (Å²) in [7, 11) is 2.10. The monoisotopic (exact) mass is 524 g/mol. The van der Waals surface area contributed by atoms with E-state index in [0.717, 1.165) is 11.0 Å². The predicted octanol–water partition coefficient (Wildman–Crippen LogP) is 4.35. The predicted molar refractivity (Wildman–Crippen MR) is 143 cm³/mol. The van der Waals surface area contributed by atoms with Gasteiger partial charge in [0.25, 0.3) is 0 Å². The molecule has 9 nitrogen and oxygen atoms in total. The number of pyridine rings is 1. The summed E-state index contributed by atoms with van der Waals surface area (Å²) in [6.07, 6.45) is 4.41. The van der Waals surface area contributed by atoms with Crippen molar-refractivity contribution in [3.05, 3.63) is 82.9 Å². The highest BCUT2D eigenvalue weighted by atomic mass is 32.2. The van der Waals surface area contributed by atoms with E-state index in [1.165, 1.54) is 46.7 Å². The van der Waals surface area contributed by atoms with Gasteiger partial charge in [-0.15, -0.1) is 0 Å². The number of sulfone groups is 1. The summed E-state index contributed by atoms with van der Waals surface area (Å²) in [4.78, 5) is 16.7. The molecule has 194 valence electrons. The summed E-state index contributed by atoms with van der Waals surface area (Å²) < 4.78 is 47.0. The first kappa shape index (κ1) is 27.3. The standard InChI is InChI=1S/C27H28N2O7S/c1-33-21-16-24(35-3)22(25(17-21)36-4)14-15-37(31,32)18-20-11-12-23(34-2)27(28-20)29-26(30)13-10-19-8-6-5-7-9-19/h5-17H,18H2,1-4H3,(H,28,29,30)/b13-10?,15-14+. The molecular formula is C27H28N2O7S. The van der Waals surface area contributed by atoms with Gasteiger partial charge in [0.05, 0.1) is 45.4 Å². The number of benzene rings is 2. The van der Waals surface area contributed by atoms with Crippen molar-refractivity contribution < 1.29 is 32.2 Å². The number of nitrogens with zero attached hydrogens (tertiary/aromatic N) is 1. The lowest BCUT2D eigenvalue weighted by Gasteiger charge is -2.12. The zero-order chi connectivity index (χ0) is 26.8. The Morgan fingerprint density at radius 1 is 0.865 bits per heavy atom. The van der Waals surface area contributed by atoms with Crippen LogP contribution >= 0.6 is 0 Å². The van der Waals surface area contributed by atoms with Gasteiger partial charge < -0.3 is 24.3 Å². The number of anilines is 1. The fourth-order valence-electron chi connectivity index (χ4n) is 3.34. The molecule has 0 saturated heterocycles. The van der Waals surface area contributed by atoms with E-state index in [2.05, 4.69) is 10.3 Å². The lowest BCUT2D eigenvalue weighted by atomic mass is 10.1. The second kappa shape index (κ2) is 12.6. The number of ether oxygens (including phenoxy) is 4. The number of methoxy groups -OCH3 is 4. The average molecular weight is 525 g/mol. The molecule has 0 radical (unpaired) electrons. The Bertz CT molecular complexity index is 1380. The van der Waals surface area contributed by atoms with Gasteiger partial charge in [0.2, 0.25) is 5.91 Å². The maximum absolute atomic E-state index is 12.9. The van der Waals surface area contributed by atoms with Crippen LogP contribution in [0.15, 0.2) is 66.1 Å². The molecule has 0 spiro atoms. The number of hydrogen-bond acceptors (Lipinski definition) is 8. The second-order valence-electron chi connectivity index (χ2n) is 7.64. The van der Waals surface area contributed by atoms with Gasteiger partial charge in [-0.05, 0) is 29.8 Å². The van der Waals surface area contributed by atoms with Gasteiger partial charge in [-0.2, -0.15) is 0 Å². The van der Waals surface area contributed by atoms with Crippen molar-refractivity contribution in [3.63, 3.8) is 0 Å². The molecule has 1 N–H and O–H groups in total. The molecule has 2 aromatic carbocycles. The third-order valence-electron chi connectivity index (χ3n) is 5.15. The highest BCUT2D eigenvalue weighted by Crippen LogP contribution is 2.35. The third kappa shape index (κ3) is 7.58. The molecule has 3 rings (SSSR count). The summed E-state index contributed by atoms with van der Waals surface area (Å²) in [6, 6.07) is 15.6. The molecular weight excluding hydrogens is 496 g/mol. The second-order valence-corrected chi connectivity index (χ2v) is 9.53. The molecule has 1 heterocycles. The molecule has 0 aliphatic rings. The van der Waals surface area contributed by atoms with E-state index in [0.29, 0.717) is 28.6 Å². The maximum Gasteiger partial charge on any atom is 0.249 e. The van der Waals surface area contributed by atoms with E-state index < -0.39 is 21.5 Å². The molecule has 0 atom stereocenters. The highest BCUT2D eigenvalue weighted by molar-refractivity contribution is 7.93. The van der Waals surface area contributed by atoms with Crippen molar-refractivity contribution in [1.82, 2.24) is 4.98 Å². The Morgan fingerprint density at radius 3 is 2.11 bits per heavy atom. The van der Waals surface area contributed by atoms with Gasteiger partial charge in [0.1, 0.15) is 17.2 Å². The van der Waals surface area contributed by atoms with Crippen molar-refractivity contribution >= 4 is 33.7 Å². The van der Waals surface area contributed by atoms with Crippen LogP contribution in [0.3, 0.4) is 0 Å². The molecule has 0 aliphatic carbocycles. The number of aromatic nitrogens is 1. The maximum atomic E-state index is 12.9. The molecule has 37 heavy (non-hydrogen) atoms. The third-order valence-corrected chi connectivity index (χ3v) is 6.40. The zero-order valence-electron chi connectivity index (χ0n) is 20.9. The lowest BCUT2D eigenvalue weighted by Crippen LogP contribution is -2.12. The van der Waals surface area contributed by atoms with E-state index in [1.807, 2.05) is 30.3 Å². The first-order valence-electron chi connectivity index (χ1n) is 11.1. The van der Waals surface area contributed by atoms with Crippen LogP contribution in [0.1, 0.15) is 16.8 Å². The summed E-state index contributed by atoms with van der Waals surface area (Å²) in [6.45, 7) is 0. The van der Waals surface area contributed by atoms with E-state index in [-0.39, 0.29) is 11.5 Å². The van der Waals surface area contributed by atoms with Crippen LogP contribution in [0.25, 0.3) is 12.2 Å². The minimum Gasteiger partial charge on any atom is -0.496 e. The fraction of sp³-hybridized carbons (Fsp3) is 0.185. The van der Waals surface area contributed by atoms with Crippen molar-refractivity contribution in [2.75, 3.05) is 33.8 Å². The van der Waals surface area contributed by atoms with Crippen LogP contribution in [-0.2, 0) is 20.4 Å². The zero-order valence-corrected chi connectivity index (χ0v) is 21.7. The normalized spacial score (nSPS) is 11.5. The van der Waals surface area contributed by atoms with E-state index in [1.54, 1.807) is 24.3 Å². The quantitative estimate of drug-likeness (QED) is 0.368. The Balaban J connectivity index is 1.80. The molecule has 0 bridgehead atoms. The molecule has 0 unspecified atom stereocenters. The molecule has 0 saturated carbocycles. The highest BCUT2D eigenvalue weighted by Gasteiger charge is 2.16. The van der Waals surface area contributed by atoms with Crippen LogP contribution in [0.2, 0.25) is 0 Å². The van der Waals surface area contributed by atoms with Gasteiger partial charge in [-0.1, -0.05) is 30.3 Å². The molecule has 1 amide bonds. The Kier molecular flexibility index (Phi) is 9.28. The summed E-state index contributed by atoms with van der Waals surface area (Å²) in [5.41, 5.74) is 1.52. The molecule has 1 aromatic heterocycles. The van der Waals surface area contributed by atoms with Gasteiger partial charge in [0, 0.05) is 23.6 Å². The van der Waals surface area contributed by atoms with E-state index in [9.17, 15) is 13.2 Å². The van der Waals surface area contributed by atoms with Crippen LogP contribution < -0.4 is 24.3 Å². The van der Waals surface area contributed by atoms with Gasteiger partial charge in [-0.3, -0.25) is 4.79 Å². The number of hydrogen-bond donors (Lipinski definition) is 1. The SMILES string of the molecule is COc1cc(OC)c(/C=C/S(=O)(=O)Cc2ccc(OC)c(NC(=O)C=Cc3ccccc3)n2)c(OC)c1. The van der Waals surface area contributed by atoms with Crippen LogP contribution in [0.4, 0.5) is 5.82 Å². The minimum atomic E-state index is -3.76. The number of carbonyl (C=O) groups excluding carboxylic acids is 1. The lowest BCUT2D eigenvalue weighted by molar-refractivity contribution is -0.111. The van der Waals surface area contributed by atoms with Crippen molar-refractivity contribution in [2.24, 2.45) is 0 Å². The summed E-state index contributed by atoms with van der Waals surface area (Å²) in [5, 5.41) is 3.70. The fourth-order valence-corrected chi connectivity index (χ4v) is 4.35. The van der Waals surface area contributed by atoms with Crippen LogP contribution in [-0.4, -0.2) is 47.7 Å². The summed E-state index contributed by atoms with van der Waals surface area (Å²) in [5.74, 6) is 0.846. The Hall–Kier alpha value is -4.31. The summed E-state index contributed by atoms with van der Waals surface area (Å²) >= 11 is 0. The number of rotatable bonds is 11. The van der Waals surface area contributed by atoms with Crippen molar-refractivity contribution in [2.45, 2.75) is 5.75 Å². The Morgan fingerprint density at radius 2 is 1.51 bits per heavy atom. The topological polar surface area (TPSA) is 113 Å². The number of carbonyl (C=O) groups is 1. The minimum absolute atomic E-state index is 0.111. The first-order chi connectivity index (χ1) is 17.8. The van der Waals surface area contributed by atoms with Crippen molar-refractivity contribution in [3.8, 4) is 23.0 Å². The van der Waals surface area contributed by atoms with Crippen LogP contribution in [0, 0.1) is 0 Å². The largest absolute Gasteiger partial charge is 0.496 e. The molecule has 10 heteroatoms. The number of nitrogens with one attached hydrogen (secondary N) is 1. The average Bonchev–Trinajstić information content (AvgIpc) is 2.90. The molecule has 3 aromatic rings. The smallest absolute Gasteiger partial charge is 0.249 e. The van der Waals surface area contributed by atoms with Gasteiger partial charge in [-0.25, -0.2) is 13.4 Å². The van der Waals surface area contributed by atoms with Crippen molar-refractivity contribution in [1.29, 1.82) is 0 Å². The van der Waals surface area contributed by atoms with E-state index in [4.69, 9.17) is 18.9 Å². The van der Waals surface area contributed by atoms with E-state index >= 15 is 0 Å². The Labute approximate surface area is 216 Å². The first-order valence-corrected chi connectivity index (χ1v) is 12.8. The number of amides is 1. The van der Waals surface area contributed by atoms with Gasteiger partial charge in [0.15, 0.2) is 21.4 Å². The molecule has 0 aliphatic heterocycles. The van der Waals surface area contributed by atoms with Gasteiger partial charge >= 0.3 is 0 Å². The van der Waals surface area contributed by atoms with Crippen LogP contribution in [0.5, 0.6) is 23.0 Å². The molecule has 0 fully saturated rings.